The zero-order chi connectivity index (χ0) is 15.2. The van der Waals surface area contributed by atoms with E-state index in [4.69, 9.17) is 11.6 Å². The summed E-state index contributed by atoms with van der Waals surface area (Å²) >= 11 is 5.92. The van der Waals surface area contributed by atoms with Gasteiger partial charge in [-0.1, -0.05) is 0 Å². The Bertz CT molecular complexity index is 725. The van der Waals surface area contributed by atoms with Crippen molar-refractivity contribution in [3.63, 3.8) is 0 Å². The fraction of sp³-hybridized carbons (Fsp3) is 0.500. The van der Waals surface area contributed by atoms with Crippen molar-refractivity contribution in [2.24, 2.45) is 5.41 Å². The molecule has 2 heterocycles. The van der Waals surface area contributed by atoms with Gasteiger partial charge in [0, 0.05) is 12.0 Å². The van der Waals surface area contributed by atoms with E-state index in [1.54, 1.807) is 13.0 Å². The third kappa shape index (κ3) is 2.37. The van der Waals surface area contributed by atoms with E-state index < -0.39 is 5.97 Å². The maximum absolute atomic E-state index is 13.2. The summed E-state index contributed by atoms with van der Waals surface area (Å²) in [7, 11) is 0. The summed E-state index contributed by atoms with van der Waals surface area (Å²) in [5.74, 6) is -0.255. The molecule has 1 aliphatic rings. The Morgan fingerprint density at radius 2 is 2.24 bits per heavy atom. The van der Waals surface area contributed by atoms with E-state index in [1.807, 2.05) is 4.57 Å². The van der Waals surface area contributed by atoms with Gasteiger partial charge in [0.2, 0.25) is 0 Å². The molecule has 2 aromatic rings. The van der Waals surface area contributed by atoms with Crippen molar-refractivity contribution in [1.82, 2.24) is 14.5 Å². The number of hydrogen-bond acceptors (Lipinski definition) is 3. The predicted molar refractivity (Wildman–Crippen MR) is 76.4 cm³/mol. The molecule has 0 bridgehead atoms. The molecule has 1 saturated carbocycles. The third-order valence-corrected chi connectivity index (χ3v) is 4.33. The number of carbonyl (C=O) groups is 1. The van der Waals surface area contributed by atoms with Gasteiger partial charge in [0.05, 0.1) is 29.3 Å². The van der Waals surface area contributed by atoms with Gasteiger partial charge in [0.1, 0.15) is 5.82 Å². The predicted octanol–water partition coefficient (Wildman–Crippen LogP) is 2.93. The maximum atomic E-state index is 13.2. The number of rotatable bonds is 5. The van der Waals surface area contributed by atoms with Crippen LogP contribution in [0.1, 0.15) is 34.7 Å². The summed E-state index contributed by atoms with van der Waals surface area (Å²) < 4.78 is 15.0. The smallest absolute Gasteiger partial charge is 0.337 e. The fourth-order valence-electron chi connectivity index (χ4n) is 2.53. The van der Waals surface area contributed by atoms with Gasteiger partial charge in [0.25, 0.3) is 0 Å². The summed E-state index contributed by atoms with van der Waals surface area (Å²) in [6.07, 6.45) is 1.66. The second-order valence-electron chi connectivity index (χ2n) is 5.65. The molecule has 1 N–H and O–H groups in total. The summed E-state index contributed by atoms with van der Waals surface area (Å²) in [5.41, 5.74) is 1.27. The Morgan fingerprint density at radius 1 is 1.52 bits per heavy atom. The second kappa shape index (κ2) is 4.94. The summed E-state index contributed by atoms with van der Waals surface area (Å²) in [6.45, 7) is 1.71. The van der Waals surface area contributed by atoms with Crippen LogP contribution in [0.3, 0.4) is 0 Å². The number of halogens is 2. The number of carboxylic acid groups (broad SMARTS) is 1. The summed E-state index contributed by atoms with van der Waals surface area (Å²) in [5, 5.41) is 9.22. The first kappa shape index (κ1) is 14.3. The lowest BCUT2D eigenvalue weighted by molar-refractivity contribution is 0.0695. The molecule has 1 fully saturated rings. The van der Waals surface area contributed by atoms with Gasteiger partial charge in [-0.15, -0.1) is 11.6 Å². The number of carboxylic acids is 1. The zero-order valence-corrected chi connectivity index (χ0v) is 12.3. The zero-order valence-electron chi connectivity index (χ0n) is 11.6. The van der Waals surface area contributed by atoms with Crippen molar-refractivity contribution >= 4 is 28.7 Å². The number of fused-ring (bicyclic) bond motifs is 1. The molecule has 0 amide bonds. The van der Waals surface area contributed by atoms with Gasteiger partial charge in [-0.05, 0) is 25.8 Å². The first-order chi connectivity index (χ1) is 9.99. The van der Waals surface area contributed by atoms with E-state index in [1.165, 1.54) is 0 Å². The second-order valence-corrected chi connectivity index (χ2v) is 5.92. The number of nitrogens with zero attached hydrogens (tertiary/aromatic N) is 3. The minimum Gasteiger partial charge on any atom is -0.478 e. The van der Waals surface area contributed by atoms with E-state index in [2.05, 4.69) is 9.97 Å². The molecule has 0 radical (unpaired) electrons. The van der Waals surface area contributed by atoms with Gasteiger partial charge in [-0.2, -0.15) is 0 Å². The minimum absolute atomic E-state index is 0.134. The lowest BCUT2D eigenvalue weighted by Crippen LogP contribution is -2.15. The van der Waals surface area contributed by atoms with Crippen LogP contribution in [-0.4, -0.2) is 32.3 Å². The maximum Gasteiger partial charge on any atom is 0.337 e. The van der Waals surface area contributed by atoms with E-state index in [-0.39, 0.29) is 23.5 Å². The number of aryl methyl sites for hydroxylation is 1. The summed E-state index contributed by atoms with van der Waals surface area (Å²) in [4.78, 5) is 19.8. The Kier molecular flexibility index (Phi) is 3.36. The molecular formula is C14H15ClFN3O2. The van der Waals surface area contributed by atoms with Crippen molar-refractivity contribution in [2.75, 3.05) is 6.67 Å². The quantitative estimate of drug-likeness (QED) is 0.862. The average molecular weight is 312 g/mol. The van der Waals surface area contributed by atoms with E-state index >= 15 is 0 Å². The third-order valence-electron chi connectivity index (χ3n) is 4.09. The van der Waals surface area contributed by atoms with E-state index in [0.29, 0.717) is 29.2 Å². The van der Waals surface area contributed by atoms with Crippen LogP contribution in [0.25, 0.3) is 11.2 Å². The van der Waals surface area contributed by atoms with Crippen LogP contribution in [0, 0.1) is 12.3 Å². The average Bonchev–Trinajstić information content (AvgIpc) is 3.15. The molecule has 0 spiro atoms. The van der Waals surface area contributed by atoms with Gasteiger partial charge >= 0.3 is 5.97 Å². The fourth-order valence-corrected chi connectivity index (χ4v) is 2.73. The van der Waals surface area contributed by atoms with Crippen LogP contribution in [0.5, 0.6) is 0 Å². The highest BCUT2D eigenvalue weighted by molar-refractivity contribution is 6.16. The Labute approximate surface area is 125 Å². The van der Waals surface area contributed by atoms with Gasteiger partial charge in [-0.3, -0.25) is 4.39 Å². The largest absolute Gasteiger partial charge is 0.478 e. The van der Waals surface area contributed by atoms with Crippen molar-refractivity contribution < 1.29 is 14.3 Å². The molecule has 7 heteroatoms. The number of hydrogen-bond donors (Lipinski definition) is 1. The van der Waals surface area contributed by atoms with Gasteiger partial charge in [0.15, 0.2) is 5.65 Å². The van der Waals surface area contributed by atoms with Crippen LogP contribution in [0.2, 0.25) is 0 Å². The molecule has 5 nitrogen and oxygen atoms in total. The Balaban J connectivity index is 2.16. The number of alkyl halides is 2. The van der Waals surface area contributed by atoms with E-state index in [9.17, 15) is 14.3 Å². The standard InChI is InChI=1S/C14H15ClFN3O2/c1-8-9(13(20)21)4-10-12(17-8)18-11(5-15)19(10)7-14(6-16)2-3-14/h4H,2-3,5-7H2,1H3,(H,20,21). The van der Waals surface area contributed by atoms with Crippen molar-refractivity contribution in [3.8, 4) is 0 Å². The van der Waals surface area contributed by atoms with Crippen LogP contribution < -0.4 is 0 Å². The summed E-state index contributed by atoms with van der Waals surface area (Å²) in [6, 6.07) is 1.55. The molecule has 0 saturated heterocycles. The molecule has 1 aliphatic carbocycles. The molecule has 0 atom stereocenters. The molecule has 112 valence electrons. The normalized spacial score (nSPS) is 16.3. The minimum atomic E-state index is -1.03. The molecule has 0 aliphatic heterocycles. The molecule has 21 heavy (non-hydrogen) atoms. The Morgan fingerprint density at radius 3 is 2.76 bits per heavy atom. The van der Waals surface area contributed by atoms with Crippen LogP contribution in [-0.2, 0) is 12.4 Å². The number of pyridine rings is 1. The highest BCUT2D eigenvalue weighted by Gasteiger charge is 2.43. The number of imidazole rings is 1. The first-order valence-electron chi connectivity index (χ1n) is 6.72. The SMILES string of the molecule is Cc1nc2nc(CCl)n(CC3(CF)CC3)c2cc1C(=O)O. The van der Waals surface area contributed by atoms with Crippen molar-refractivity contribution in [1.29, 1.82) is 0 Å². The molecular weight excluding hydrogens is 297 g/mol. The highest BCUT2D eigenvalue weighted by Crippen LogP contribution is 2.48. The first-order valence-corrected chi connectivity index (χ1v) is 7.25. The van der Waals surface area contributed by atoms with Crippen molar-refractivity contribution in [3.05, 3.63) is 23.1 Å². The molecule has 0 aromatic carbocycles. The highest BCUT2D eigenvalue weighted by atomic mass is 35.5. The molecule has 2 aromatic heterocycles. The lowest BCUT2D eigenvalue weighted by Gasteiger charge is -2.14. The Hall–Kier alpha value is -1.69. The van der Waals surface area contributed by atoms with Gasteiger partial charge < -0.3 is 9.67 Å². The number of aromatic nitrogens is 3. The van der Waals surface area contributed by atoms with Crippen molar-refractivity contribution in [2.45, 2.75) is 32.2 Å². The topological polar surface area (TPSA) is 68.0 Å². The van der Waals surface area contributed by atoms with Crippen LogP contribution in [0.15, 0.2) is 6.07 Å². The van der Waals surface area contributed by atoms with Crippen LogP contribution in [0.4, 0.5) is 4.39 Å². The van der Waals surface area contributed by atoms with E-state index in [0.717, 1.165) is 12.8 Å². The molecule has 0 unspecified atom stereocenters. The van der Waals surface area contributed by atoms with Gasteiger partial charge in [-0.25, -0.2) is 14.8 Å². The molecule has 3 rings (SSSR count). The van der Waals surface area contributed by atoms with Crippen LogP contribution >= 0.6 is 11.6 Å². The lowest BCUT2D eigenvalue weighted by atomic mass is 10.1. The monoisotopic (exact) mass is 311 g/mol. The number of aromatic carboxylic acids is 1.